The van der Waals surface area contributed by atoms with Crippen LogP contribution >= 0.6 is 0 Å². The van der Waals surface area contributed by atoms with Gasteiger partial charge in [-0.25, -0.2) is 0 Å². The third-order valence-corrected chi connectivity index (χ3v) is 4.76. The van der Waals surface area contributed by atoms with Crippen molar-refractivity contribution in [3.63, 3.8) is 0 Å². The molecule has 0 spiro atoms. The molecule has 1 N–H and O–H groups in total. The van der Waals surface area contributed by atoms with Crippen molar-refractivity contribution < 1.29 is 9.90 Å². The summed E-state index contributed by atoms with van der Waals surface area (Å²) >= 11 is 0. The van der Waals surface area contributed by atoms with Gasteiger partial charge in [-0.1, -0.05) is 31.5 Å². The first kappa shape index (κ1) is 16.8. The fourth-order valence-electron chi connectivity index (χ4n) is 3.32. The number of benzene rings is 1. The normalized spacial score (nSPS) is 21.1. The van der Waals surface area contributed by atoms with Gasteiger partial charge in [-0.15, -0.1) is 0 Å². The minimum Gasteiger partial charge on any atom is -0.396 e. The Kier molecular flexibility index (Phi) is 5.83. The first-order chi connectivity index (χ1) is 10.6. The molecule has 1 saturated heterocycles. The van der Waals surface area contributed by atoms with Gasteiger partial charge in [-0.05, 0) is 25.0 Å². The van der Waals surface area contributed by atoms with E-state index in [1.165, 1.54) is 0 Å². The number of para-hydroxylation sites is 1. The Bertz CT molecular complexity index is 477. The van der Waals surface area contributed by atoms with E-state index in [9.17, 15) is 9.90 Å². The smallest absolute Gasteiger partial charge is 0.224 e. The fraction of sp³-hybridized carbons (Fsp3) is 0.611. The van der Waals surface area contributed by atoms with Gasteiger partial charge in [-0.3, -0.25) is 4.79 Å². The Balaban J connectivity index is 1.83. The molecule has 0 bridgehead atoms. The Labute approximate surface area is 133 Å². The third kappa shape index (κ3) is 4.01. The highest BCUT2D eigenvalue weighted by atomic mass is 16.3. The minimum absolute atomic E-state index is 0.0598. The molecule has 1 aromatic carbocycles. The van der Waals surface area contributed by atoms with E-state index >= 15 is 0 Å². The monoisotopic (exact) mass is 304 g/mol. The lowest BCUT2D eigenvalue weighted by molar-refractivity contribution is -0.130. The summed E-state index contributed by atoms with van der Waals surface area (Å²) < 4.78 is 0. The molecular weight excluding hydrogens is 276 g/mol. The summed E-state index contributed by atoms with van der Waals surface area (Å²) in [6.45, 7) is 4.55. The van der Waals surface area contributed by atoms with Crippen LogP contribution in [0, 0.1) is 5.41 Å². The molecule has 0 aromatic heterocycles. The number of carbonyl (C=O) groups is 1. The maximum Gasteiger partial charge on any atom is 0.224 e. The summed E-state index contributed by atoms with van der Waals surface area (Å²) in [5, 5.41) is 9.67. The summed E-state index contributed by atoms with van der Waals surface area (Å²) in [6, 6.07) is 10.1. The van der Waals surface area contributed by atoms with Crippen molar-refractivity contribution in [2.24, 2.45) is 5.41 Å². The first-order valence-electron chi connectivity index (χ1n) is 8.25. The van der Waals surface area contributed by atoms with Crippen molar-refractivity contribution in [1.82, 2.24) is 4.90 Å². The van der Waals surface area contributed by atoms with Crippen LogP contribution in [0.25, 0.3) is 0 Å². The lowest BCUT2D eigenvalue weighted by Crippen LogP contribution is -2.35. The predicted octanol–water partition coefficient (Wildman–Crippen LogP) is 2.52. The molecule has 0 radical (unpaired) electrons. The topological polar surface area (TPSA) is 43.8 Å². The molecule has 1 aromatic rings. The zero-order valence-corrected chi connectivity index (χ0v) is 13.8. The summed E-state index contributed by atoms with van der Waals surface area (Å²) in [4.78, 5) is 16.5. The summed E-state index contributed by atoms with van der Waals surface area (Å²) in [7, 11) is 2.02. The van der Waals surface area contributed by atoms with Gasteiger partial charge in [0, 0.05) is 44.2 Å². The van der Waals surface area contributed by atoms with Gasteiger partial charge in [-0.2, -0.15) is 0 Å². The lowest BCUT2D eigenvalue weighted by Gasteiger charge is -2.27. The Hall–Kier alpha value is -1.55. The second-order valence-electron chi connectivity index (χ2n) is 6.48. The van der Waals surface area contributed by atoms with Crippen LogP contribution < -0.4 is 4.90 Å². The lowest BCUT2D eigenvalue weighted by atomic mass is 9.83. The fourth-order valence-corrected chi connectivity index (χ4v) is 3.32. The number of anilines is 1. The number of hydrogen-bond donors (Lipinski definition) is 1. The highest BCUT2D eigenvalue weighted by Gasteiger charge is 2.38. The van der Waals surface area contributed by atoms with E-state index < -0.39 is 0 Å². The second-order valence-corrected chi connectivity index (χ2v) is 6.48. The van der Waals surface area contributed by atoms with Crippen LogP contribution in [0.2, 0.25) is 0 Å². The molecular formula is C18H28N2O2. The van der Waals surface area contributed by atoms with Crippen LogP contribution in [0.4, 0.5) is 5.69 Å². The molecule has 1 aliphatic rings. The minimum atomic E-state index is -0.0598. The van der Waals surface area contributed by atoms with Crippen molar-refractivity contribution >= 4 is 11.6 Å². The van der Waals surface area contributed by atoms with Gasteiger partial charge in [0.2, 0.25) is 5.91 Å². The van der Waals surface area contributed by atoms with Crippen LogP contribution in [-0.4, -0.2) is 49.2 Å². The molecule has 1 heterocycles. The number of nitrogens with zero attached hydrogens (tertiary/aromatic N) is 2. The molecule has 1 fully saturated rings. The summed E-state index contributed by atoms with van der Waals surface area (Å²) in [5.74, 6) is 0.203. The molecule has 1 unspecified atom stereocenters. The average molecular weight is 304 g/mol. The van der Waals surface area contributed by atoms with E-state index in [1.54, 1.807) is 0 Å². The zero-order chi connectivity index (χ0) is 16.0. The van der Waals surface area contributed by atoms with E-state index in [2.05, 4.69) is 24.0 Å². The molecule has 0 saturated carbocycles. The molecule has 1 amide bonds. The number of carbonyl (C=O) groups excluding carboxylic acids is 1. The number of amides is 1. The number of aliphatic hydroxyl groups excluding tert-OH is 1. The molecule has 1 aliphatic heterocycles. The van der Waals surface area contributed by atoms with E-state index in [-0.39, 0.29) is 17.9 Å². The molecule has 22 heavy (non-hydrogen) atoms. The standard InChI is InChI=1S/C18H28N2O2/c1-3-10-18(15-21)11-13-20(14-18)17(22)9-12-19(2)16-7-5-4-6-8-16/h4-8,21H,3,9-15H2,1-2H3. The van der Waals surface area contributed by atoms with Crippen molar-refractivity contribution in [1.29, 1.82) is 0 Å². The maximum atomic E-state index is 12.4. The number of rotatable bonds is 7. The van der Waals surface area contributed by atoms with Gasteiger partial charge < -0.3 is 14.9 Å². The van der Waals surface area contributed by atoms with Gasteiger partial charge in [0.1, 0.15) is 0 Å². The molecule has 4 nitrogen and oxygen atoms in total. The van der Waals surface area contributed by atoms with Gasteiger partial charge in [0.05, 0.1) is 6.61 Å². The molecule has 2 rings (SSSR count). The molecule has 1 atom stereocenters. The van der Waals surface area contributed by atoms with Crippen LogP contribution in [0.15, 0.2) is 30.3 Å². The Morgan fingerprint density at radius 1 is 1.36 bits per heavy atom. The molecule has 122 valence electrons. The predicted molar refractivity (Wildman–Crippen MR) is 90.0 cm³/mol. The Morgan fingerprint density at radius 3 is 2.73 bits per heavy atom. The largest absolute Gasteiger partial charge is 0.396 e. The average Bonchev–Trinajstić information content (AvgIpc) is 2.98. The third-order valence-electron chi connectivity index (χ3n) is 4.76. The SMILES string of the molecule is CCCC1(CO)CCN(C(=O)CCN(C)c2ccccc2)C1. The van der Waals surface area contributed by atoms with E-state index in [0.29, 0.717) is 13.0 Å². The zero-order valence-electron chi connectivity index (χ0n) is 13.8. The second kappa shape index (κ2) is 7.63. The maximum absolute atomic E-state index is 12.4. The van der Waals surface area contributed by atoms with Crippen LogP contribution in [0.3, 0.4) is 0 Å². The van der Waals surface area contributed by atoms with Crippen molar-refractivity contribution in [3.8, 4) is 0 Å². The van der Waals surface area contributed by atoms with Gasteiger partial charge >= 0.3 is 0 Å². The molecule has 4 heteroatoms. The Morgan fingerprint density at radius 2 is 2.09 bits per heavy atom. The molecule has 0 aliphatic carbocycles. The number of likely N-dealkylation sites (tertiary alicyclic amines) is 1. The number of aliphatic hydroxyl groups is 1. The highest BCUT2D eigenvalue weighted by Crippen LogP contribution is 2.34. The summed E-state index contributed by atoms with van der Waals surface area (Å²) in [6.07, 6.45) is 3.51. The van der Waals surface area contributed by atoms with Crippen molar-refractivity contribution in [2.75, 3.05) is 38.2 Å². The first-order valence-corrected chi connectivity index (χ1v) is 8.25. The van der Waals surface area contributed by atoms with Gasteiger partial charge in [0.25, 0.3) is 0 Å². The van der Waals surface area contributed by atoms with Crippen molar-refractivity contribution in [3.05, 3.63) is 30.3 Å². The van der Waals surface area contributed by atoms with E-state index in [1.807, 2.05) is 30.1 Å². The van der Waals surface area contributed by atoms with Crippen LogP contribution in [0.1, 0.15) is 32.6 Å². The highest BCUT2D eigenvalue weighted by molar-refractivity contribution is 5.77. The summed E-state index contributed by atoms with van der Waals surface area (Å²) in [5.41, 5.74) is 1.07. The van der Waals surface area contributed by atoms with Crippen LogP contribution in [0.5, 0.6) is 0 Å². The quantitative estimate of drug-likeness (QED) is 0.842. The van der Waals surface area contributed by atoms with Crippen LogP contribution in [-0.2, 0) is 4.79 Å². The van der Waals surface area contributed by atoms with Gasteiger partial charge in [0.15, 0.2) is 0 Å². The van der Waals surface area contributed by atoms with Crippen molar-refractivity contribution in [2.45, 2.75) is 32.6 Å². The number of hydrogen-bond acceptors (Lipinski definition) is 3. The van der Waals surface area contributed by atoms with E-state index in [4.69, 9.17) is 0 Å². The van der Waals surface area contributed by atoms with E-state index in [0.717, 1.165) is 38.0 Å².